The smallest absolute Gasteiger partial charge is 0.0722 e. The molecule has 0 saturated heterocycles. The SMILES string of the molecule is NCCCCCCNc1ccnc2ccccc12. The summed E-state index contributed by atoms with van der Waals surface area (Å²) in [6.07, 6.45) is 6.66. The third-order valence-corrected chi connectivity index (χ3v) is 3.10. The highest BCUT2D eigenvalue weighted by atomic mass is 14.9. The number of fused-ring (bicyclic) bond motifs is 1. The van der Waals surface area contributed by atoms with E-state index in [2.05, 4.69) is 22.4 Å². The Morgan fingerprint density at radius 1 is 1.00 bits per heavy atom. The van der Waals surface area contributed by atoms with E-state index in [4.69, 9.17) is 5.73 Å². The maximum absolute atomic E-state index is 5.47. The Labute approximate surface area is 108 Å². The first-order valence-corrected chi connectivity index (χ1v) is 6.69. The number of benzene rings is 1. The summed E-state index contributed by atoms with van der Waals surface area (Å²) in [6, 6.07) is 10.3. The van der Waals surface area contributed by atoms with Crippen LogP contribution in [0.4, 0.5) is 5.69 Å². The molecule has 3 nitrogen and oxygen atoms in total. The maximum Gasteiger partial charge on any atom is 0.0722 e. The largest absolute Gasteiger partial charge is 0.384 e. The number of rotatable bonds is 7. The molecule has 0 saturated carbocycles. The van der Waals surface area contributed by atoms with Crippen LogP contribution < -0.4 is 11.1 Å². The van der Waals surface area contributed by atoms with E-state index in [-0.39, 0.29) is 0 Å². The van der Waals surface area contributed by atoms with Crippen molar-refractivity contribution in [2.75, 3.05) is 18.4 Å². The maximum atomic E-state index is 5.47. The number of para-hydroxylation sites is 1. The fourth-order valence-corrected chi connectivity index (χ4v) is 2.10. The first-order valence-electron chi connectivity index (χ1n) is 6.69. The van der Waals surface area contributed by atoms with Gasteiger partial charge in [-0.25, -0.2) is 0 Å². The molecule has 0 unspecified atom stereocenters. The number of anilines is 1. The summed E-state index contributed by atoms with van der Waals surface area (Å²) in [5.41, 5.74) is 7.70. The van der Waals surface area contributed by atoms with E-state index in [1.807, 2.05) is 24.4 Å². The third kappa shape index (κ3) is 3.44. The second-order valence-corrected chi connectivity index (χ2v) is 4.51. The van der Waals surface area contributed by atoms with Gasteiger partial charge in [0, 0.05) is 23.8 Å². The van der Waals surface area contributed by atoms with Gasteiger partial charge in [-0.15, -0.1) is 0 Å². The molecule has 0 fully saturated rings. The van der Waals surface area contributed by atoms with Crippen molar-refractivity contribution in [2.24, 2.45) is 5.73 Å². The zero-order valence-corrected chi connectivity index (χ0v) is 10.7. The molecule has 18 heavy (non-hydrogen) atoms. The molecule has 96 valence electrons. The monoisotopic (exact) mass is 243 g/mol. The lowest BCUT2D eigenvalue weighted by Gasteiger charge is -2.09. The van der Waals surface area contributed by atoms with Gasteiger partial charge in [-0.05, 0) is 31.5 Å². The van der Waals surface area contributed by atoms with Gasteiger partial charge < -0.3 is 11.1 Å². The third-order valence-electron chi connectivity index (χ3n) is 3.10. The minimum Gasteiger partial charge on any atom is -0.384 e. The van der Waals surface area contributed by atoms with Crippen LogP contribution in [0.2, 0.25) is 0 Å². The van der Waals surface area contributed by atoms with Crippen molar-refractivity contribution >= 4 is 16.6 Å². The number of hydrogen-bond acceptors (Lipinski definition) is 3. The Bertz CT molecular complexity index is 477. The van der Waals surface area contributed by atoms with Crippen LogP contribution in [-0.4, -0.2) is 18.1 Å². The zero-order valence-electron chi connectivity index (χ0n) is 10.7. The highest BCUT2D eigenvalue weighted by Crippen LogP contribution is 2.20. The number of pyridine rings is 1. The standard InChI is InChI=1S/C15H21N3/c16-10-5-1-2-6-11-17-15-9-12-18-14-8-4-3-7-13(14)15/h3-4,7-9,12H,1-2,5-6,10-11,16H2,(H,17,18). The molecule has 2 aromatic rings. The van der Waals surface area contributed by atoms with E-state index in [1.54, 1.807) is 0 Å². The number of aromatic nitrogens is 1. The highest BCUT2D eigenvalue weighted by Gasteiger charge is 1.99. The predicted octanol–water partition coefficient (Wildman–Crippen LogP) is 3.17. The molecule has 3 N–H and O–H groups in total. The first kappa shape index (κ1) is 12.8. The molecular formula is C15H21N3. The quantitative estimate of drug-likeness (QED) is 0.734. The van der Waals surface area contributed by atoms with E-state index < -0.39 is 0 Å². The van der Waals surface area contributed by atoms with Crippen LogP contribution in [0, 0.1) is 0 Å². The van der Waals surface area contributed by atoms with Crippen LogP contribution in [0.5, 0.6) is 0 Å². The van der Waals surface area contributed by atoms with E-state index in [9.17, 15) is 0 Å². The lowest BCUT2D eigenvalue weighted by molar-refractivity contribution is 0.661. The van der Waals surface area contributed by atoms with Crippen molar-refractivity contribution in [3.8, 4) is 0 Å². The van der Waals surface area contributed by atoms with Crippen molar-refractivity contribution in [1.29, 1.82) is 0 Å². The minimum atomic E-state index is 0.808. The molecule has 0 aliphatic rings. The van der Waals surface area contributed by atoms with Crippen molar-refractivity contribution in [3.05, 3.63) is 36.5 Å². The molecule has 3 heteroatoms. The lowest BCUT2D eigenvalue weighted by atomic mass is 10.1. The van der Waals surface area contributed by atoms with Crippen LogP contribution in [0.3, 0.4) is 0 Å². The fraction of sp³-hybridized carbons (Fsp3) is 0.400. The predicted molar refractivity (Wildman–Crippen MR) is 77.8 cm³/mol. The van der Waals surface area contributed by atoms with Gasteiger partial charge in [0.25, 0.3) is 0 Å². The summed E-state index contributed by atoms with van der Waals surface area (Å²) in [5, 5.41) is 4.69. The summed E-state index contributed by atoms with van der Waals surface area (Å²) in [6.45, 7) is 1.82. The molecule has 0 spiro atoms. The molecule has 1 heterocycles. The lowest BCUT2D eigenvalue weighted by Crippen LogP contribution is -2.03. The Kier molecular flexibility index (Phi) is 4.97. The molecule has 1 aromatic heterocycles. The van der Waals surface area contributed by atoms with Crippen molar-refractivity contribution in [1.82, 2.24) is 4.98 Å². The number of hydrogen-bond donors (Lipinski definition) is 2. The van der Waals surface area contributed by atoms with Gasteiger partial charge in [0.2, 0.25) is 0 Å². The average Bonchev–Trinajstić information content (AvgIpc) is 2.43. The molecule has 0 atom stereocenters. The Hall–Kier alpha value is -1.61. The molecule has 0 aliphatic carbocycles. The fourth-order valence-electron chi connectivity index (χ4n) is 2.10. The summed E-state index contributed by atoms with van der Waals surface area (Å²) < 4.78 is 0. The van der Waals surface area contributed by atoms with E-state index >= 15 is 0 Å². The van der Waals surface area contributed by atoms with Crippen molar-refractivity contribution < 1.29 is 0 Å². The van der Waals surface area contributed by atoms with E-state index in [0.29, 0.717) is 0 Å². The molecule has 0 radical (unpaired) electrons. The number of nitrogens with two attached hydrogens (primary N) is 1. The number of nitrogens with one attached hydrogen (secondary N) is 1. The topological polar surface area (TPSA) is 50.9 Å². The number of nitrogens with zero attached hydrogens (tertiary/aromatic N) is 1. The minimum absolute atomic E-state index is 0.808. The molecule has 2 rings (SSSR count). The molecule has 1 aromatic carbocycles. The second-order valence-electron chi connectivity index (χ2n) is 4.51. The molecule has 0 bridgehead atoms. The van der Waals surface area contributed by atoms with Crippen LogP contribution in [0.15, 0.2) is 36.5 Å². The zero-order chi connectivity index (χ0) is 12.6. The van der Waals surface area contributed by atoms with Crippen LogP contribution in [0.1, 0.15) is 25.7 Å². The average molecular weight is 243 g/mol. The van der Waals surface area contributed by atoms with Gasteiger partial charge >= 0.3 is 0 Å². The molecule has 0 aliphatic heterocycles. The van der Waals surface area contributed by atoms with Gasteiger partial charge in [-0.2, -0.15) is 0 Å². The van der Waals surface area contributed by atoms with E-state index in [1.165, 1.54) is 30.3 Å². The highest BCUT2D eigenvalue weighted by molar-refractivity contribution is 5.90. The Morgan fingerprint density at radius 3 is 2.72 bits per heavy atom. The van der Waals surface area contributed by atoms with E-state index in [0.717, 1.165) is 25.0 Å². The van der Waals surface area contributed by atoms with Crippen molar-refractivity contribution in [2.45, 2.75) is 25.7 Å². The molecular weight excluding hydrogens is 222 g/mol. The van der Waals surface area contributed by atoms with Gasteiger partial charge in [-0.1, -0.05) is 31.0 Å². The first-order chi connectivity index (χ1) is 8.92. The molecule has 0 amide bonds. The van der Waals surface area contributed by atoms with Crippen LogP contribution in [-0.2, 0) is 0 Å². The summed E-state index contributed by atoms with van der Waals surface area (Å²) in [5.74, 6) is 0. The summed E-state index contributed by atoms with van der Waals surface area (Å²) >= 11 is 0. The van der Waals surface area contributed by atoms with Crippen molar-refractivity contribution in [3.63, 3.8) is 0 Å². The van der Waals surface area contributed by atoms with Gasteiger partial charge in [0.15, 0.2) is 0 Å². The second kappa shape index (κ2) is 6.97. The van der Waals surface area contributed by atoms with Crippen LogP contribution in [0.25, 0.3) is 10.9 Å². The number of unbranched alkanes of at least 4 members (excludes halogenated alkanes) is 3. The summed E-state index contributed by atoms with van der Waals surface area (Å²) in [7, 11) is 0. The van der Waals surface area contributed by atoms with Gasteiger partial charge in [0.1, 0.15) is 0 Å². The Balaban J connectivity index is 1.88. The summed E-state index contributed by atoms with van der Waals surface area (Å²) in [4.78, 5) is 4.36. The van der Waals surface area contributed by atoms with Gasteiger partial charge in [0.05, 0.1) is 5.52 Å². The van der Waals surface area contributed by atoms with Gasteiger partial charge in [-0.3, -0.25) is 4.98 Å². The van der Waals surface area contributed by atoms with Crippen LogP contribution >= 0.6 is 0 Å². The Morgan fingerprint density at radius 2 is 1.83 bits per heavy atom. The normalized spacial score (nSPS) is 10.7.